The maximum absolute atomic E-state index is 3.36. The first-order valence-electron chi connectivity index (χ1n) is 2.96. The summed E-state index contributed by atoms with van der Waals surface area (Å²) in [5.74, 6) is 0. The van der Waals surface area contributed by atoms with Crippen LogP contribution in [0, 0.1) is 0 Å². The van der Waals surface area contributed by atoms with E-state index in [4.69, 9.17) is 0 Å². The van der Waals surface area contributed by atoms with Crippen molar-refractivity contribution in [3.63, 3.8) is 0 Å². The van der Waals surface area contributed by atoms with Crippen molar-refractivity contribution in [2.75, 3.05) is 13.1 Å². The van der Waals surface area contributed by atoms with Gasteiger partial charge in [0.25, 0.3) is 0 Å². The third kappa shape index (κ3) is 0.469. The van der Waals surface area contributed by atoms with Gasteiger partial charge in [-0.3, -0.25) is 5.43 Å². The molecule has 0 aromatic carbocycles. The van der Waals surface area contributed by atoms with E-state index in [2.05, 4.69) is 10.4 Å². The zero-order valence-electron chi connectivity index (χ0n) is 4.35. The Labute approximate surface area is 43.5 Å². The standard InChI is InChI=1S/C5H10N2/c1-3-7-4-2-5(1)6-7/h5-6H,1-4H2. The van der Waals surface area contributed by atoms with Crippen LogP contribution in [0.15, 0.2) is 0 Å². The number of nitrogens with zero attached hydrogens (tertiary/aromatic N) is 1. The van der Waals surface area contributed by atoms with E-state index < -0.39 is 0 Å². The van der Waals surface area contributed by atoms with Crippen LogP contribution >= 0.6 is 0 Å². The Morgan fingerprint density at radius 2 is 2.00 bits per heavy atom. The SMILES string of the molecule is C1CN2CCC1N2. The Morgan fingerprint density at radius 3 is 2.14 bits per heavy atom. The van der Waals surface area contributed by atoms with Crippen molar-refractivity contribution in [1.29, 1.82) is 0 Å². The molecule has 2 heteroatoms. The van der Waals surface area contributed by atoms with E-state index in [1.807, 2.05) is 0 Å². The van der Waals surface area contributed by atoms with Crippen molar-refractivity contribution in [2.24, 2.45) is 0 Å². The monoisotopic (exact) mass is 98.1 g/mol. The predicted octanol–water partition coefficient (Wildman–Crippen LogP) is -0.0310. The molecular weight excluding hydrogens is 88.1 g/mol. The fourth-order valence-corrected chi connectivity index (χ4v) is 1.40. The summed E-state index contributed by atoms with van der Waals surface area (Å²) in [7, 11) is 0. The number of fused-ring (bicyclic) bond motifs is 2. The molecule has 0 unspecified atom stereocenters. The second-order valence-corrected chi connectivity index (χ2v) is 2.39. The molecule has 2 aliphatic rings. The lowest BCUT2D eigenvalue weighted by atomic mass is 10.1. The minimum atomic E-state index is 0.847. The van der Waals surface area contributed by atoms with Gasteiger partial charge >= 0.3 is 0 Å². The summed E-state index contributed by atoms with van der Waals surface area (Å²) in [6.07, 6.45) is 2.75. The van der Waals surface area contributed by atoms with E-state index in [1.165, 1.54) is 25.9 Å². The average Bonchev–Trinajstić information content (AvgIpc) is 2.22. The molecule has 40 valence electrons. The highest BCUT2D eigenvalue weighted by molar-refractivity contribution is 4.82. The Bertz CT molecular complexity index is 64.1. The normalized spacial score (nSPS) is 48.0. The van der Waals surface area contributed by atoms with Crippen LogP contribution in [0.25, 0.3) is 0 Å². The lowest BCUT2D eigenvalue weighted by molar-refractivity contribution is 0.299. The average molecular weight is 98.1 g/mol. The third-order valence-corrected chi connectivity index (χ3v) is 1.86. The molecule has 2 aliphatic heterocycles. The summed E-state index contributed by atoms with van der Waals surface area (Å²) in [6.45, 7) is 2.56. The zero-order chi connectivity index (χ0) is 4.69. The van der Waals surface area contributed by atoms with Gasteiger partial charge in [0.2, 0.25) is 0 Å². The van der Waals surface area contributed by atoms with Crippen LogP contribution in [0.2, 0.25) is 0 Å². The molecule has 2 heterocycles. The van der Waals surface area contributed by atoms with Gasteiger partial charge in [0.1, 0.15) is 0 Å². The largest absolute Gasteiger partial charge is 0.252 e. The van der Waals surface area contributed by atoms with Crippen molar-refractivity contribution in [3.8, 4) is 0 Å². The first-order chi connectivity index (χ1) is 3.45. The minimum Gasteiger partial charge on any atom is -0.252 e. The quantitative estimate of drug-likeness (QED) is 0.457. The molecule has 0 aliphatic carbocycles. The highest BCUT2D eigenvalue weighted by atomic mass is 15.6. The number of hydrogen-bond donors (Lipinski definition) is 1. The van der Waals surface area contributed by atoms with Gasteiger partial charge in [0, 0.05) is 19.1 Å². The Balaban J connectivity index is 2.12. The number of hydrazine groups is 1. The van der Waals surface area contributed by atoms with Crippen molar-refractivity contribution >= 4 is 0 Å². The summed E-state index contributed by atoms with van der Waals surface area (Å²) in [5.41, 5.74) is 3.36. The molecule has 2 nitrogen and oxygen atoms in total. The van der Waals surface area contributed by atoms with Gasteiger partial charge in [-0.2, -0.15) is 0 Å². The van der Waals surface area contributed by atoms with E-state index in [1.54, 1.807) is 0 Å². The van der Waals surface area contributed by atoms with Crippen molar-refractivity contribution in [3.05, 3.63) is 0 Å². The van der Waals surface area contributed by atoms with Crippen molar-refractivity contribution in [1.82, 2.24) is 10.4 Å². The first kappa shape index (κ1) is 3.87. The van der Waals surface area contributed by atoms with Crippen LogP contribution < -0.4 is 5.43 Å². The summed E-state index contributed by atoms with van der Waals surface area (Å²) in [4.78, 5) is 0. The van der Waals surface area contributed by atoms with Gasteiger partial charge in [-0.25, -0.2) is 5.01 Å². The smallest absolute Gasteiger partial charge is 0.0240 e. The summed E-state index contributed by atoms with van der Waals surface area (Å²) < 4.78 is 0. The molecular formula is C5H10N2. The molecule has 0 radical (unpaired) electrons. The first-order valence-corrected chi connectivity index (χ1v) is 2.96. The van der Waals surface area contributed by atoms with E-state index in [0.717, 1.165) is 6.04 Å². The summed E-state index contributed by atoms with van der Waals surface area (Å²) in [6, 6.07) is 0.847. The van der Waals surface area contributed by atoms with Crippen LogP contribution in [0.5, 0.6) is 0 Å². The molecule has 2 fully saturated rings. The van der Waals surface area contributed by atoms with Gasteiger partial charge in [-0.15, -0.1) is 0 Å². The second kappa shape index (κ2) is 1.20. The minimum absolute atomic E-state index is 0.847. The molecule has 0 aromatic rings. The van der Waals surface area contributed by atoms with Gasteiger partial charge < -0.3 is 0 Å². The Hall–Kier alpha value is -0.0800. The molecule has 2 rings (SSSR count). The molecule has 0 amide bonds. The third-order valence-electron chi connectivity index (χ3n) is 1.86. The molecule has 0 spiro atoms. The molecule has 7 heavy (non-hydrogen) atoms. The lowest BCUT2D eigenvalue weighted by Gasteiger charge is -2.07. The fourth-order valence-electron chi connectivity index (χ4n) is 1.40. The van der Waals surface area contributed by atoms with Crippen LogP contribution in [0.3, 0.4) is 0 Å². The van der Waals surface area contributed by atoms with E-state index >= 15 is 0 Å². The van der Waals surface area contributed by atoms with Crippen LogP contribution in [-0.2, 0) is 0 Å². The number of piperidine rings is 1. The van der Waals surface area contributed by atoms with Crippen LogP contribution in [-0.4, -0.2) is 24.1 Å². The Kier molecular flexibility index (Phi) is 0.664. The molecule has 1 N–H and O–H groups in total. The zero-order valence-corrected chi connectivity index (χ0v) is 4.35. The van der Waals surface area contributed by atoms with E-state index in [9.17, 15) is 0 Å². The Morgan fingerprint density at radius 1 is 1.29 bits per heavy atom. The topological polar surface area (TPSA) is 15.3 Å². The highest BCUT2D eigenvalue weighted by Crippen LogP contribution is 2.16. The number of rotatable bonds is 0. The molecule has 0 saturated carbocycles. The second-order valence-electron chi connectivity index (χ2n) is 2.39. The van der Waals surface area contributed by atoms with Gasteiger partial charge in [0.15, 0.2) is 0 Å². The number of nitrogens with one attached hydrogen (secondary N) is 1. The number of hydrogen-bond acceptors (Lipinski definition) is 2. The van der Waals surface area contributed by atoms with Gasteiger partial charge in [-0.05, 0) is 12.8 Å². The maximum atomic E-state index is 3.36. The molecule has 0 atom stereocenters. The summed E-state index contributed by atoms with van der Waals surface area (Å²) >= 11 is 0. The summed E-state index contributed by atoms with van der Waals surface area (Å²) in [5, 5.41) is 2.31. The highest BCUT2D eigenvalue weighted by Gasteiger charge is 2.27. The van der Waals surface area contributed by atoms with Crippen LogP contribution in [0.1, 0.15) is 12.8 Å². The molecule has 2 saturated heterocycles. The van der Waals surface area contributed by atoms with E-state index in [0.29, 0.717) is 0 Å². The molecule has 2 bridgehead atoms. The van der Waals surface area contributed by atoms with Crippen molar-refractivity contribution in [2.45, 2.75) is 18.9 Å². The predicted molar refractivity (Wildman–Crippen MR) is 27.7 cm³/mol. The van der Waals surface area contributed by atoms with Gasteiger partial charge in [-0.1, -0.05) is 0 Å². The van der Waals surface area contributed by atoms with E-state index in [-0.39, 0.29) is 0 Å². The maximum Gasteiger partial charge on any atom is 0.0240 e. The van der Waals surface area contributed by atoms with Crippen LogP contribution in [0.4, 0.5) is 0 Å². The lowest BCUT2D eigenvalue weighted by Crippen LogP contribution is -2.25. The van der Waals surface area contributed by atoms with Crippen molar-refractivity contribution < 1.29 is 0 Å². The van der Waals surface area contributed by atoms with Gasteiger partial charge in [0.05, 0.1) is 0 Å². The fraction of sp³-hybridized carbons (Fsp3) is 1.00. The molecule has 0 aromatic heterocycles.